The lowest BCUT2D eigenvalue weighted by Gasteiger charge is -2.20. The molecule has 1 aliphatic rings. The van der Waals surface area contributed by atoms with Crippen LogP contribution in [0.25, 0.3) is 0 Å². The van der Waals surface area contributed by atoms with E-state index in [1.54, 1.807) is 0 Å². The Morgan fingerprint density at radius 1 is 0.818 bits per heavy atom. The molecule has 2 nitrogen and oxygen atoms in total. The summed E-state index contributed by atoms with van der Waals surface area (Å²) in [6.07, 6.45) is 0. The van der Waals surface area contributed by atoms with Crippen LogP contribution >= 0.6 is 34.8 Å². The smallest absolute Gasteiger partial charge is 0.210 e. The highest BCUT2D eigenvalue weighted by atomic mass is 35.5. The third kappa shape index (κ3) is 1.19. The van der Waals surface area contributed by atoms with Gasteiger partial charge in [-0.2, -0.15) is 18.6 Å². The van der Waals surface area contributed by atoms with E-state index in [4.69, 9.17) is 0 Å². The molecule has 0 aromatic rings. The quantitative estimate of drug-likeness (QED) is 0.471. The van der Waals surface area contributed by atoms with Crippen LogP contribution in [0.1, 0.15) is 0 Å². The second-order valence-electron chi connectivity index (χ2n) is 1.77. The van der Waals surface area contributed by atoms with Gasteiger partial charge in [0.25, 0.3) is 0 Å². The summed E-state index contributed by atoms with van der Waals surface area (Å²) in [4.78, 5) is 6.71. The van der Waals surface area contributed by atoms with E-state index in [-0.39, 0.29) is 0 Å². The maximum absolute atomic E-state index is 12.7. The number of hydrogen-bond donors (Lipinski definition) is 0. The number of hydrogen-bond acceptors (Lipinski definition) is 2. The van der Waals surface area contributed by atoms with Gasteiger partial charge in [-0.25, -0.2) is 4.39 Å². The first-order valence-electron chi connectivity index (χ1n) is 2.21. The molecular formula is C3Cl3F3O2. The summed E-state index contributed by atoms with van der Waals surface area (Å²) in [7, 11) is 0. The van der Waals surface area contributed by atoms with Crippen molar-refractivity contribution in [3.63, 3.8) is 0 Å². The minimum absolute atomic E-state index is 3.36. The van der Waals surface area contributed by atoms with Crippen LogP contribution in [0.4, 0.5) is 13.2 Å². The average molecular weight is 231 g/mol. The molecule has 0 aromatic heterocycles. The third-order valence-electron chi connectivity index (χ3n) is 0.982. The van der Waals surface area contributed by atoms with Crippen molar-refractivity contribution >= 4 is 34.8 Å². The Kier molecular flexibility index (Phi) is 2.01. The molecule has 0 saturated carbocycles. The van der Waals surface area contributed by atoms with Crippen molar-refractivity contribution in [3.8, 4) is 0 Å². The predicted molar refractivity (Wildman–Crippen MR) is 31.2 cm³/mol. The Morgan fingerprint density at radius 2 is 1.09 bits per heavy atom. The second-order valence-corrected chi connectivity index (χ2v) is 3.27. The first-order valence-corrected chi connectivity index (χ1v) is 3.34. The summed E-state index contributed by atoms with van der Waals surface area (Å²) in [5.41, 5.74) is 0. The van der Waals surface area contributed by atoms with Crippen molar-refractivity contribution < 1.29 is 22.9 Å². The highest BCUT2D eigenvalue weighted by molar-refractivity contribution is 6.38. The standard InChI is InChI=1S/C3Cl3F3O2/c4-1(7)2(5,8)10-11-3(1,6)9. The van der Waals surface area contributed by atoms with E-state index < -0.39 is 15.8 Å². The molecule has 0 aliphatic carbocycles. The van der Waals surface area contributed by atoms with Crippen LogP contribution in [0.3, 0.4) is 0 Å². The Morgan fingerprint density at radius 3 is 1.18 bits per heavy atom. The molecule has 0 radical (unpaired) electrons. The van der Waals surface area contributed by atoms with Gasteiger partial charge in [-0.3, -0.25) is 0 Å². The zero-order chi connectivity index (χ0) is 8.91. The van der Waals surface area contributed by atoms with E-state index in [9.17, 15) is 13.2 Å². The molecular weight excluding hydrogens is 231 g/mol. The monoisotopic (exact) mass is 230 g/mol. The summed E-state index contributed by atoms with van der Waals surface area (Å²) < 4.78 is 37.6. The van der Waals surface area contributed by atoms with E-state index in [1.807, 2.05) is 0 Å². The zero-order valence-electron chi connectivity index (χ0n) is 4.58. The highest BCUT2D eigenvalue weighted by Gasteiger charge is 2.76. The van der Waals surface area contributed by atoms with Crippen LogP contribution in [0, 0.1) is 0 Å². The van der Waals surface area contributed by atoms with Gasteiger partial charge in [0.2, 0.25) is 0 Å². The number of alkyl halides is 6. The lowest BCUT2D eigenvalue weighted by molar-refractivity contribution is -0.359. The van der Waals surface area contributed by atoms with E-state index in [2.05, 4.69) is 44.6 Å². The maximum Gasteiger partial charge on any atom is 0.369 e. The molecule has 0 N–H and O–H groups in total. The lowest BCUT2D eigenvalue weighted by Crippen LogP contribution is -2.44. The number of halogens is 6. The second kappa shape index (κ2) is 2.29. The van der Waals surface area contributed by atoms with E-state index in [0.29, 0.717) is 0 Å². The summed E-state index contributed by atoms with van der Waals surface area (Å²) in [6, 6.07) is 0. The van der Waals surface area contributed by atoms with Crippen LogP contribution in [-0.4, -0.2) is 15.8 Å². The van der Waals surface area contributed by atoms with Crippen molar-refractivity contribution in [3.05, 3.63) is 0 Å². The molecule has 1 saturated heterocycles. The predicted octanol–water partition coefficient (Wildman–Crippen LogP) is 2.58. The van der Waals surface area contributed by atoms with Crippen LogP contribution in [0.5, 0.6) is 0 Å². The van der Waals surface area contributed by atoms with Crippen molar-refractivity contribution in [2.75, 3.05) is 0 Å². The van der Waals surface area contributed by atoms with Gasteiger partial charge in [0.15, 0.2) is 0 Å². The molecule has 0 aromatic carbocycles. The zero-order valence-corrected chi connectivity index (χ0v) is 6.85. The Balaban J connectivity index is 3.00. The molecule has 2 unspecified atom stereocenters. The molecule has 1 heterocycles. The van der Waals surface area contributed by atoms with Gasteiger partial charge in [-0.1, -0.05) is 11.6 Å². The van der Waals surface area contributed by atoms with Crippen molar-refractivity contribution in [1.82, 2.24) is 0 Å². The van der Waals surface area contributed by atoms with Gasteiger partial charge in [0.1, 0.15) is 0 Å². The molecule has 66 valence electrons. The first-order chi connectivity index (χ1) is 4.71. The lowest BCUT2D eigenvalue weighted by atomic mass is 10.4. The first kappa shape index (κ1) is 9.67. The minimum atomic E-state index is -3.79. The average Bonchev–Trinajstić information content (AvgIpc) is 1.93. The van der Waals surface area contributed by atoms with Crippen molar-refractivity contribution in [1.29, 1.82) is 0 Å². The molecule has 0 amide bonds. The summed E-state index contributed by atoms with van der Waals surface area (Å²) in [5.74, 6) is 0. The molecule has 0 bridgehead atoms. The van der Waals surface area contributed by atoms with Crippen molar-refractivity contribution in [2.24, 2.45) is 0 Å². The van der Waals surface area contributed by atoms with E-state index in [0.717, 1.165) is 0 Å². The summed E-state index contributed by atoms with van der Waals surface area (Å²) in [6.45, 7) is 0. The largest absolute Gasteiger partial charge is 0.369 e. The van der Waals surface area contributed by atoms with Crippen LogP contribution in [0.15, 0.2) is 0 Å². The van der Waals surface area contributed by atoms with Gasteiger partial charge >= 0.3 is 15.8 Å². The molecule has 1 fully saturated rings. The Labute approximate surface area is 74.0 Å². The Bertz CT molecular complexity index is 165. The summed E-state index contributed by atoms with van der Waals surface area (Å²) >= 11 is 13.8. The van der Waals surface area contributed by atoms with Crippen LogP contribution in [-0.2, 0) is 9.78 Å². The number of rotatable bonds is 0. The molecule has 1 aliphatic heterocycles. The topological polar surface area (TPSA) is 18.5 Å². The summed E-state index contributed by atoms with van der Waals surface area (Å²) in [5, 5.41) is -11.1. The maximum atomic E-state index is 12.7. The fraction of sp³-hybridized carbons (Fsp3) is 1.00. The highest BCUT2D eigenvalue weighted by Crippen LogP contribution is 2.56. The SMILES string of the molecule is FC1(Cl)OOC(F)(Cl)C1(F)Cl. The Hall–Kier alpha value is 0.580. The normalized spacial score (nSPS) is 58.4. The van der Waals surface area contributed by atoms with Gasteiger partial charge in [-0.15, -0.1) is 0 Å². The van der Waals surface area contributed by atoms with Gasteiger partial charge in [0, 0.05) is 0 Å². The molecule has 2 atom stereocenters. The third-order valence-corrected chi connectivity index (χ3v) is 2.31. The minimum Gasteiger partial charge on any atom is -0.210 e. The van der Waals surface area contributed by atoms with Crippen LogP contribution in [0.2, 0.25) is 0 Å². The van der Waals surface area contributed by atoms with E-state index >= 15 is 0 Å². The van der Waals surface area contributed by atoms with Gasteiger partial charge in [0.05, 0.1) is 0 Å². The van der Waals surface area contributed by atoms with Crippen molar-refractivity contribution in [2.45, 2.75) is 15.8 Å². The van der Waals surface area contributed by atoms with Gasteiger partial charge < -0.3 is 0 Å². The van der Waals surface area contributed by atoms with Gasteiger partial charge in [-0.05, 0) is 23.2 Å². The fourth-order valence-corrected chi connectivity index (χ4v) is 0.796. The fourth-order valence-electron chi connectivity index (χ4n) is 0.379. The molecule has 0 spiro atoms. The van der Waals surface area contributed by atoms with Crippen LogP contribution < -0.4 is 0 Å². The van der Waals surface area contributed by atoms with E-state index in [1.165, 1.54) is 0 Å². The molecule has 1 rings (SSSR count). The molecule has 11 heavy (non-hydrogen) atoms. The molecule has 8 heteroatoms.